The molecule has 0 spiro atoms. The van der Waals surface area contributed by atoms with Crippen molar-refractivity contribution < 1.29 is 9.53 Å². The molecule has 0 saturated carbocycles. The molecular formula is C21H27N3O2. The first kappa shape index (κ1) is 18.3. The first-order valence-corrected chi connectivity index (χ1v) is 8.99. The van der Waals surface area contributed by atoms with Gasteiger partial charge in [-0.1, -0.05) is 24.3 Å². The van der Waals surface area contributed by atoms with Gasteiger partial charge in [-0.15, -0.1) is 0 Å². The van der Waals surface area contributed by atoms with Crippen LogP contribution in [0.1, 0.15) is 15.9 Å². The first-order chi connectivity index (χ1) is 12.6. The lowest BCUT2D eigenvalue weighted by atomic mass is 10.1. The lowest BCUT2D eigenvalue weighted by Gasteiger charge is -2.36. The summed E-state index contributed by atoms with van der Waals surface area (Å²) in [5.41, 5.74) is 3.17. The van der Waals surface area contributed by atoms with Crippen molar-refractivity contribution in [3.8, 4) is 5.75 Å². The van der Waals surface area contributed by atoms with E-state index < -0.39 is 0 Å². The summed E-state index contributed by atoms with van der Waals surface area (Å²) in [6, 6.07) is 16.1. The number of piperazine rings is 1. The number of nitrogens with zero attached hydrogens (tertiary/aromatic N) is 3. The highest BCUT2D eigenvalue weighted by atomic mass is 16.5. The number of hydrogen-bond donors (Lipinski definition) is 0. The maximum atomic E-state index is 12.8. The number of methoxy groups -OCH3 is 1. The summed E-state index contributed by atoms with van der Waals surface area (Å²) in [6.07, 6.45) is 0. The van der Waals surface area contributed by atoms with Gasteiger partial charge in [0.05, 0.1) is 12.7 Å². The van der Waals surface area contributed by atoms with Gasteiger partial charge in [0.2, 0.25) is 0 Å². The molecule has 1 amide bonds. The van der Waals surface area contributed by atoms with Gasteiger partial charge in [-0.2, -0.15) is 0 Å². The van der Waals surface area contributed by atoms with Gasteiger partial charge in [0.15, 0.2) is 0 Å². The molecule has 5 nitrogen and oxygen atoms in total. The number of benzene rings is 2. The molecule has 1 aliphatic heterocycles. The number of amides is 1. The molecule has 1 heterocycles. The molecule has 0 bridgehead atoms. The van der Waals surface area contributed by atoms with Gasteiger partial charge in [-0.3, -0.25) is 4.79 Å². The molecular weight excluding hydrogens is 326 g/mol. The lowest BCUT2D eigenvalue weighted by Crippen LogP contribution is -2.48. The van der Waals surface area contributed by atoms with Crippen molar-refractivity contribution in [2.24, 2.45) is 0 Å². The normalized spacial score (nSPS) is 14.6. The predicted octanol–water partition coefficient (Wildman–Crippen LogP) is 2.72. The van der Waals surface area contributed by atoms with Crippen LogP contribution < -0.4 is 9.64 Å². The van der Waals surface area contributed by atoms with Gasteiger partial charge in [-0.25, -0.2) is 0 Å². The SMILES string of the molecule is COc1ccccc1C(=O)N1CCN(c2cccc(CN(C)C)c2)CC1. The van der Waals surface area contributed by atoms with Gasteiger partial charge in [0.1, 0.15) is 5.75 Å². The predicted molar refractivity (Wildman–Crippen MR) is 105 cm³/mol. The fourth-order valence-electron chi connectivity index (χ4n) is 3.38. The molecule has 26 heavy (non-hydrogen) atoms. The lowest BCUT2D eigenvalue weighted by molar-refractivity contribution is 0.0743. The van der Waals surface area contributed by atoms with E-state index in [1.807, 2.05) is 29.2 Å². The summed E-state index contributed by atoms with van der Waals surface area (Å²) in [7, 11) is 5.76. The topological polar surface area (TPSA) is 36.0 Å². The van der Waals surface area contributed by atoms with E-state index in [4.69, 9.17) is 4.74 Å². The van der Waals surface area contributed by atoms with Crippen LogP contribution in [0, 0.1) is 0 Å². The van der Waals surface area contributed by atoms with E-state index in [0.29, 0.717) is 11.3 Å². The Hall–Kier alpha value is -2.53. The van der Waals surface area contributed by atoms with Gasteiger partial charge >= 0.3 is 0 Å². The van der Waals surface area contributed by atoms with Crippen molar-refractivity contribution in [1.82, 2.24) is 9.80 Å². The zero-order chi connectivity index (χ0) is 18.5. The number of ether oxygens (including phenoxy) is 1. The summed E-state index contributed by atoms with van der Waals surface area (Å²) in [6.45, 7) is 4.04. The molecule has 0 N–H and O–H groups in total. The minimum absolute atomic E-state index is 0.0449. The molecule has 2 aromatic rings. The Bertz CT molecular complexity index is 752. The third-order valence-corrected chi connectivity index (χ3v) is 4.68. The Morgan fingerprint density at radius 1 is 1.04 bits per heavy atom. The van der Waals surface area contributed by atoms with Crippen molar-refractivity contribution in [3.63, 3.8) is 0 Å². The molecule has 0 aliphatic carbocycles. The van der Waals surface area contributed by atoms with Crippen molar-refractivity contribution >= 4 is 11.6 Å². The van der Waals surface area contributed by atoms with Crippen molar-refractivity contribution in [2.75, 3.05) is 52.3 Å². The van der Waals surface area contributed by atoms with E-state index in [-0.39, 0.29) is 5.91 Å². The van der Waals surface area contributed by atoms with Crippen LogP contribution in [0.2, 0.25) is 0 Å². The minimum atomic E-state index is 0.0449. The van der Waals surface area contributed by atoms with E-state index in [2.05, 4.69) is 48.2 Å². The number of anilines is 1. The molecule has 0 aromatic heterocycles. The average molecular weight is 353 g/mol. The Morgan fingerprint density at radius 2 is 1.77 bits per heavy atom. The summed E-state index contributed by atoms with van der Waals surface area (Å²) in [5, 5.41) is 0. The fraction of sp³-hybridized carbons (Fsp3) is 0.381. The average Bonchev–Trinajstić information content (AvgIpc) is 2.67. The second kappa shape index (κ2) is 8.23. The molecule has 0 atom stereocenters. The smallest absolute Gasteiger partial charge is 0.257 e. The van der Waals surface area contributed by atoms with Gasteiger partial charge in [0, 0.05) is 38.4 Å². The third-order valence-electron chi connectivity index (χ3n) is 4.68. The van der Waals surface area contributed by atoms with E-state index in [9.17, 15) is 4.79 Å². The number of hydrogen-bond acceptors (Lipinski definition) is 4. The Morgan fingerprint density at radius 3 is 2.46 bits per heavy atom. The standard InChI is InChI=1S/C21H27N3O2/c1-22(2)16-17-7-6-8-18(15-17)23-11-13-24(14-12-23)21(25)19-9-4-5-10-20(19)26-3/h4-10,15H,11-14,16H2,1-3H3. The molecule has 3 rings (SSSR count). The zero-order valence-electron chi connectivity index (χ0n) is 15.8. The molecule has 0 unspecified atom stereocenters. The van der Waals surface area contributed by atoms with Gasteiger partial charge in [-0.05, 0) is 43.9 Å². The molecule has 138 valence electrons. The van der Waals surface area contributed by atoms with Crippen LogP contribution in [0.15, 0.2) is 48.5 Å². The second-order valence-electron chi connectivity index (χ2n) is 6.89. The van der Waals surface area contributed by atoms with Crippen LogP contribution in [0.4, 0.5) is 5.69 Å². The summed E-state index contributed by atoms with van der Waals surface area (Å²) in [5.74, 6) is 0.680. The quantitative estimate of drug-likeness (QED) is 0.828. The molecule has 5 heteroatoms. The minimum Gasteiger partial charge on any atom is -0.496 e. The second-order valence-corrected chi connectivity index (χ2v) is 6.89. The van der Waals surface area contributed by atoms with Crippen molar-refractivity contribution in [2.45, 2.75) is 6.54 Å². The number of carbonyl (C=O) groups excluding carboxylic acids is 1. The van der Waals surface area contributed by atoms with Crippen LogP contribution in [0.5, 0.6) is 5.75 Å². The van der Waals surface area contributed by atoms with Crippen LogP contribution in [-0.2, 0) is 6.54 Å². The monoisotopic (exact) mass is 353 g/mol. The highest BCUT2D eigenvalue weighted by Crippen LogP contribution is 2.22. The van der Waals surface area contributed by atoms with Crippen LogP contribution in [-0.4, -0.2) is 63.1 Å². The zero-order valence-corrected chi connectivity index (χ0v) is 15.8. The van der Waals surface area contributed by atoms with Crippen LogP contribution >= 0.6 is 0 Å². The summed E-state index contributed by atoms with van der Waals surface area (Å²) in [4.78, 5) is 19.3. The maximum Gasteiger partial charge on any atom is 0.257 e. The van der Waals surface area contributed by atoms with Gasteiger partial charge in [0.25, 0.3) is 5.91 Å². The number of rotatable bonds is 5. The maximum absolute atomic E-state index is 12.8. The third kappa shape index (κ3) is 4.17. The Kier molecular flexibility index (Phi) is 5.78. The highest BCUT2D eigenvalue weighted by Gasteiger charge is 2.24. The molecule has 1 aliphatic rings. The molecule has 1 fully saturated rings. The molecule has 1 saturated heterocycles. The molecule has 2 aromatic carbocycles. The van der Waals surface area contributed by atoms with Crippen LogP contribution in [0.25, 0.3) is 0 Å². The molecule has 0 radical (unpaired) electrons. The summed E-state index contributed by atoms with van der Waals surface area (Å²) >= 11 is 0. The van der Waals surface area contributed by atoms with E-state index >= 15 is 0 Å². The Balaban J connectivity index is 1.65. The van der Waals surface area contributed by atoms with Crippen molar-refractivity contribution in [3.05, 3.63) is 59.7 Å². The first-order valence-electron chi connectivity index (χ1n) is 8.99. The van der Waals surface area contributed by atoms with E-state index in [0.717, 1.165) is 32.7 Å². The largest absolute Gasteiger partial charge is 0.496 e. The highest BCUT2D eigenvalue weighted by molar-refractivity contribution is 5.97. The summed E-state index contributed by atoms with van der Waals surface area (Å²) < 4.78 is 5.33. The fourth-order valence-corrected chi connectivity index (χ4v) is 3.38. The number of carbonyl (C=O) groups is 1. The Labute approximate surface area is 155 Å². The number of para-hydroxylation sites is 1. The van der Waals surface area contributed by atoms with Gasteiger partial charge < -0.3 is 19.4 Å². The van der Waals surface area contributed by atoms with Crippen molar-refractivity contribution in [1.29, 1.82) is 0 Å². The van der Waals surface area contributed by atoms with E-state index in [1.54, 1.807) is 7.11 Å². The van der Waals surface area contributed by atoms with Crippen LogP contribution in [0.3, 0.4) is 0 Å². The van der Waals surface area contributed by atoms with E-state index in [1.165, 1.54) is 11.3 Å².